The highest BCUT2D eigenvalue weighted by Crippen LogP contribution is 2.16. The number of rotatable bonds is 7. The molecule has 1 atom stereocenters. The normalized spacial score (nSPS) is 11.7. The SMILES string of the molecule is CCCC(Oc1ccc(C(N)=O)cc1)C(=O)OCC. The topological polar surface area (TPSA) is 78.6 Å². The minimum Gasteiger partial charge on any atom is -0.479 e. The van der Waals surface area contributed by atoms with Crippen LogP contribution in [0.25, 0.3) is 0 Å². The molecule has 2 N–H and O–H groups in total. The summed E-state index contributed by atoms with van der Waals surface area (Å²) in [7, 11) is 0. The van der Waals surface area contributed by atoms with E-state index in [1.165, 1.54) is 0 Å². The van der Waals surface area contributed by atoms with Gasteiger partial charge in [-0.3, -0.25) is 4.79 Å². The molecular weight excluding hydrogens is 246 g/mol. The second-order valence-electron chi connectivity index (χ2n) is 4.04. The highest BCUT2D eigenvalue weighted by atomic mass is 16.6. The van der Waals surface area contributed by atoms with Crippen molar-refractivity contribution in [3.05, 3.63) is 29.8 Å². The predicted molar refractivity (Wildman–Crippen MR) is 70.9 cm³/mol. The molecule has 1 aromatic carbocycles. The molecule has 0 aromatic heterocycles. The van der Waals surface area contributed by atoms with Crippen LogP contribution >= 0.6 is 0 Å². The molecule has 0 radical (unpaired) electrons. The van der Waals surface area contributed by atoms with Gasteiger partial charge in [0.1, 0.15) is 5.75 Å². The van der Waals surface area contributed by atoms with Gasteiger partial charge in [0.25, 0.3) is 0 Å². The second-order valence-corrected chi connectivity index (χ2v) is 4.04. The number of carbonyl (C=O) groups excluding carboxylic acids is 2. The lowest BCUT2D eigenvalue weighted by Gasteiger charge is -2.17. The Morgan fingerprint density at radius 3 is 2.32 bits per heavy atom. The van der Waals surface area contributed by atoms with Crippen LogP contribution in [0.5, 0.6) is 5.75 Å². The van der Waals surface area contributed by atoms with Crippen molar-refractivity contribution in [2.75, 3.05) is 6.61 Å². The van der Waals surface area contributed by atoms with Gasteiger partial charge >= 0.3 is 5.97 Å². The molecule has 0 heterocycles. The molecule has 1 unspecified atom stereocenters. The predicted octanol–water partition coefficient (Wildman–Crippen LogP) is 1.90. The molecule has 0 aliphatic rings. The van der Waals surface area contributed by atoms with E-state index in [1.807, 2.05) is 6.92 Å². The van der Waals surface area contributed by atoms with E-state index in [0.29, 0.717) is 24.3 Å². The lowest BCUT2D eigenvalue weighted by atomic mass is 10.2. The van der Waals surface area contributed by atoms with Crippen molar-refractivity contribution in [3.63, 3.8) is 0 Å². The van der Waals surface area contributed by atoms with Gasteiger partial charge in [0.2, 0.25) is 5.91 Å². The average molecular weight is 265 g/mol. The van der Waals surface area contributed by atoms with E-state index in [1.54, 1.807) is 31.2 Å². The smallest absolute Gasteiger partial charge is 0.347 e. The summed E-state index contributed by atoms with van der Waals surface area (Å²) in [5.41, 5.74) is 5.55. The lowest BCUT2D eigenvalue weighted by Crippen LogP contribution is -2.29. The third-order valence-electron chi connectivity index (χ3n) is 2.52. The molecule has 0 spiro atoms. The van der Waals surface area contributed by atoms with Crippen molar-refractivity contribution in [3.8, 4) is 5.75 Å². The van der Waals surface area contributed by atoms with Gasteiger partial charge in [-0.25, -0.2) is 4.79 Å². The zero-order chi connectivity index (χ0) is 14.3. The number of esters is 1. The molecule has 19 heavy (non-hydrogen) atoms. The summed E-state index contributed by atoms with van der Waals surface area (Å²) < 4.78 is 10.5. The van der Waals surface area contributed by atoms with Crippen molar-refractivity contribution in [2.24, 2.45) is 5.73 Å². The highest BCUT2D eigenvalue weighted by Gasteiger charge is 2.20. The maximum atomic E-state index is 11.7. The fourth-order valence-corrected chi connectivity index (χ4v) is 1.58. The number of primary amides is 1. The van der Waals surface area contributed by atoms with Crippen LogP contribution in [-0.2, 0) is 9.53 Å². The quantitative estimate of drug-likeness (QED) is 0.764. The van der Waals surface area contributed by atoms with Gasteiger partial charge in [-0.15, -0.1) is 0 Å². The first-order chi connectivity index (χ1) is 9.08. The Hall–Kier alpha value is -2.04. The van der Waals surface area contributed by atoms with Gasteiger partial charge in [-0.05, 0) is 37.6 Å². The molecule has 1 amide bonds. The van der Waals surface area contributed by atoms with Gasteiger partial charge in [-0.1, -0.05) is 13.3 Å². The summed E-state index contributed by atoms with van der Waals surface area (Å²) in [6.07, 6.45) is 0.767. The largest absolute Gasteiger partial charge is 0.479 e. The van der Waals surface area contributed by atoms with E-state index in [2.05, 4.69) is 0 Å². The number of carbonyl (C=O) groups is 2. The van der Waals surface area contributed by atoms with Crippen LogP contribution in [0.15, 0.2) is 24.3 Å². The van der Waals surface area contributed by atoms with Crippen molar-refractivity contribution < 1.29 is 19.1 Å². The molecular formula is C14H19NO4. The van der Waals surface area contributed by atoms with E-state index in [-0.39, 0.29) is 5.97 Å². The van der Waals surface area contributed by atoms with Crippen LogP contribution in [0.2, 0.25) is 0 Å². The molecule has 5 nitrogen and oxygen atoms in total. The van der Waals surface area contributed by atoms with E-state index < -0.39 is 12.0 Å². The Morgan fingerprint density at radius 1 is 1.21 bits per heavy atom. The molecule has 0 saturated heterocycles. The third-order valence-corrected chi connectivity index (χ3v) is 2.52. The van der Waals surface area contributed by atoms with Crippen molar-refractivity contribution in [2.45, 2.75) is 32.8 Å². The summed E-state index contributed by atoms with van der Waals surface area (Å²) in [5.74, 6) is -0.359. The van der Waals surface area contributed by atoms with Crippen LogP contribution in [0.4, 0.5) is 0 Å². The number of amides is 1. The first-order valence-electron chi connectivity index (χ1n) is 6.31. The summed E-state index contributed by atoms with van der Waals surface area (Å²) in [5, 5.41) is 0. The number of benzene rings is 1. The standard InChI is InChI=1S/C14H19NO4/c1-3-5-12(14(17)18-4-2)19-11-8-6-10(7-9-11)13(15)16/h6-9,12H,3-5H2,1-2H3,(H2,15,16). The first-order valence-corrected chi connectivity index (χ1v) is 6.31. The first kappa shape index (κ1) is 15.0. The zero-order valence-electron chi connectivity index (χ0n) is 11.2. The van der Waals surface area contributed by atoms with Gasteiger partial charge in [0.15, 0.2) is 6.10 Å². The molecule has 1 aromatic rings. The summed E-state index contributed by atoms with van der Waals surface area (Å²) in [6.45, 7) is 4.04. The minimum absolute atomic E-state index is 0.322. The van der Waals surface area contributed by atoms with Gasteiger partial charge in [-0.2, -0.15) is 0 Å². The molecule has 0 fully saturated rings. The Bertz CT molecular complexity index is 428. The van der Waals surface area contributed by atoms with Crippen LogP contribution < -0.4 is 10.5 Å². The Kier molecular flexibility index (Phi) is 5.85. The van der Waals surface area contributed by atoms with Crippen molar-refractivity contribution in [1.29, 1.82) is 0 Å². The molecule has 1 rings (SSSR count). The average Bonchev–Trinajstić information content (AvgIpc) is 2.39. The van der Waals surface area contributed by atoms with Gasteiger partial charge in [0.05, 0.1) is 6.61 Å². The monoisotopic (exact) mass is 265 g/mol. The van der Waals surface area contributed by atoms with E-state index >= 15 is 0 Å². The second kappa shape index (κ2) is 7.41. The van der Waals surface area contributed by atoms with Gasteiger partial charge in [0, 0.05) is 5.56 Å². The fraction of sp³-hybridized carbons (Fsp3) is 0.429. The number of ether oxygens (including phenoxy) is 2. The van der Waals surface area contributed by atoms with Crippen LogP contribution in [0.1, 0.15) is 37.0 Å². The molecule has 0 saturated carbocycles. The van der Waals surface area contributed by atoms with Crippen molar-refractivity contribution >= 4 is 11.9 Å². The maximum absolute atomic E-state index is 11.7. The minimum atomic E-state index is -0.621. The van der Waals surface area contributed by atoms with Crippen molar-refractivity contribution in [1.82, 2.24) is 0 Å². The third kappa shape index (κ3) is 4.62. The lowest BCUT2D eigenvalue weighted by molar-refractivity contribution is -0.151. The van der Waals surface area contributed by atoms with Crippen LogP contribution in [-0.4, -0.2) is 24.6 Å². The van der Waals surface area contributed by atoms with Gasteiger partial charge < -0.3 is 15.2 Å². The van der Waals surface area contributed by atoms with Crippen LogP contribution in [0.3, 0.4) is 0 Å². The number of hydrogen-bond donors (Lipinski definition) is 1. The maximum Gasteiger partial charge on any atom is 0.347 e. The number of hydrogen-bond acceptors (Lipinski definition) is 4. The molecule has 104 valence electrons. The summed E-state index contributed by atoms with van der Waals surface area (Å²) >= 11 is 0. The van der Waals surface area contributed by atoms with Crippen LogP contribution in [0, 0.1) is 0 Å². The Balaban J connectivity index is 2.73. The zero-order valence-corrected chi connectivity index (χ0v) is 11.2. The Labute approximate surface area is 112 Å². The Morgan fingerprint density at radius 2 is 1.84 bits per heavy atom. The molecule has 0 bridgehead atoms. The number of nitrogens with two attached hydrogens (primary N) is 1. The highest BCUT2D eigenvalue weighted by molar-refractivity contribution is 5.92. The van der Waals surface area contributed by atoms with E-state index in [9.17, 15) is 9.59 Å². The van der Waals surface area contributed by atoms with E-state index in [0.717, 1.165) is 6.42 Å². The fourth-order valence-electron chi connectivity index (χ4n) is 1.58. The summed E-state index contributed by atoms with van der Waals surface area (Å²) in [4.78, 5) is 22.6. The summed E-state index contributed by atoms with van der Waals surface area (Å²) in [6, 6.07) is 6.35. The molecule has 0 aliphatic heterocycles. The molecule has 5 heteroatoms. The molecule has 0 aliphatic carbocycles. The van der Waals surface area contributed by atoms with E-state index in [4.69, 9.17) is 15.2 Å².